The molecular formula is C21H23N5O2. The highest BCUT2D eigenvalue weighted by Gasteiger charge is 2.15. The molecule has 2 amide bonds. The van der Waals surface area contributed by atoms with Gasteiger partial charge >= 0.3 is 0 Å². The van der Waals surface area contributed by atoms with Gasteiger partial charge in [-0.3, -0.25) is 19.3 Å². The maximum atomic E-state index is 12.5. The number of likely N-dealkylation sites (N-methyl/N-ethyl adjacent to an activating group) is 1. The Balaban J connectivity index is 1.54. The summed E-state index contributed by atoms with van der Waals surface area (Å²) in [5, 5.41) is 6.88. The second-order valence-electron chi connectivity index (χ2n) is 6.68. The molecule has 0 radical (unpaired) electrons. The van der Waals surface area contributed by atoms with Crippen LogP contribution in [0.2, 0.25) is 0 Å². The molecular weight excluding hydrogens is 354 g/mol. The molecule has 28 heavy (non-hydrogen) atoms. The Kier molecular flexibility index (Phi) is 6.16. The molecule has 0 fully saturated rings. The predicted octanol–water partition coefficient (Wildman–Crippen LogP) is 2.79. The maximum absolute atomic E-state index is 12.5. The highest BCUT2D eigenvalue weighted by molar-refractivity contribution is 6.02. The van der Waals surface area contributed by atoms with Gasteiger partial charge in [-0.05, 0) is 23.6 Å². The molecule has 2 heterocycles. The number of anilines is 1. The lowest BCUT2D eigenvalue weighted by Crippen LogP contribution is -2.33. The first kappa shape index (κ1) is 19.3. The minimum Gasteiger partial charge on any atom is -0.344 e. The van der Waals surface area contributed by atoms with E-state index in [4.69, 9.17) is 0 Å². The van der Waals surface area contributed by atoms with Crippen LogP contribution in [0.1, 0.15) is 28.9 Å². The first-order valence-electron chi connectivity index (χ1n) is 9.06. The monoisotopic (exact) mass is 377 g/mol. The Morgan fingerprint density at radius 2 is 1.89 bits per heavy atom. The normalized spacial score (nSPS) is 11.6. The van der Waals surface area contributed by atoms with Gasteiger partial charge in [0.2, 0.25) is 5.91 Å². The number of pyridine rings is 1. The summed E-state index contributed by atoms with van der Waals surface area (Å²) >= 11 is 0. The number of nitrogens with zero attached hydrogens (tertiary/aromatic N) is 4. The number of nitrogens with one attached hydrogen (secondary N) is 1. The third-order valence-corrected chi connectivity index (χ3v) is 4.43. The van der Waals surface area contributed by atoms with Gasteiger partial charge in [0.05, 0.1) is 11.9 Å². The quantitative estimate of drug-likeness (QED) is 0.687. The van der Waals surface area contributed by atoms with Crippen LogP contribution in [0.4, 0.5) is 5.69 Å². The average Bonchev–Trinajstić information content (AvgIpc) is 3.15. The lowest BCUT2D eigenvalue weighted by molar-refractivity contribution is -0.130. The van der Waals surface area contributed by atoms with Crippen LogP contribution in [0.15, 0.2) is 67.1 Å². The van der Waals surface area contributed by atoms with Crippen LogP contribution in [-0.2, 0) is 11.3 Å². The van der Waals surface area contributed by atoms with E-state index in [1.54, 1.807) is 42.5 Å². The third-order valence-electron chi connectivity index (χ3n) is 4.43. The van der Waals surface area contributed by atoms with Crippen LogP contribution in [0.3, 0.4) is 0 Å². The number of aromatic nitrogens is 3. The smallest absolute Gasteiger partial charge is 0.274 e. The fraction of sp³-hybridized carbons (Fsp3) is 0.238. The Labute approximate surface area is 164 Å². The Bertz CT molecular complexity index is 924. The van der Waals surface area contributed by atoms with Crippen molar-refractivity contribution in [3.05, 3.63) is 78.4 Å². The van der Waals surface area contributed by atoms with Gasteiger partial charge in [-0.25, -0.2) is 0 Å². The molecule has 3 aromatic rings. The van der Waals surface area contributed by atoms with Gasteiger partial charge in [0.25, 0.3) is 5.91 Å². The second-order valence-corrected chi connectivity index (χ2v) is 6.68. The number of benzene rings is 1. The van der Waals surface area contributed by atoms with Gasteiger partial charge in [0.1, 0.15) is 12.2 Å². The van der Waals surface area contributed by atoms with Crippen molar-refractivity contribution in [2.75, 3.05) is 18.9 Å². The van der Waals surface area contributed by atoms with Crippen LogP contribution in [-0.4, -0.2) is 45.1 Å². The molecule has 0 aliphatic heterocycles. The van der Waals surface area contributed by atoms with E-state index in [1.165, 1.54) is 16.4 Å². The number of hydrogen-bond acceptors (Lipinski definition) is 4. The number of rotatable bonds is 7. The number of carbonyl (C=O) groups is 2. The molecule has 144 valence electrons. The van der Waals surface area contributed by atoms with Gasteiger partial charge in [-0.1, -0.05) is 43.3 Å². The van der Waals surface area contributed by atoms with Gasteiger partial charge in [0.15, 0.2) is 0 Å². The van der Waals surface area contributed by atoms with E-state index in [2.05, 4.69) is 34.5 Å². The standard InChI is InChI=1S/C21H23N5O2/c1-16(17-8-4-3-5-9-17)13-25(2)20(27)15-26-14-18(12-23-26)24-21(28)19-10-6-7-11-22-19/h3-12,14,16H,13,15H2,1-2H3,(H,24,28)/t16-/m1/s1. The molecule has 0 bridgehead atoms. The molecule has 3 rings (SSSR count). The lowest BCUT2D eigenvalue weighted by Gasteiger charge is -2.22. The minimum absolute atomic E-state index is 0.0477. The molecule has 0 unspecified atom stereocenters. The number of carbonyl (C=O) groups excluding carboxylic acids is 2. The Morgan fingerprint density at radius 1 is 1.14 bits per heavy atom. The van der Waals surface area contributed by atoms with Crippen LogP contribution in [0.5, 0.6) is 0 Å². The van der Waals surface area contributed by atoms with E-state index < -0.39 is 0 Å². The average molecular weight is 377 g/mol. The van der Waals surface area contributed by atoms with Crippen molar-refractivity contribution in [2.24, 2.45) is 0 Å². The highest BCUT2D eigenvalue weighted by atomic mass is 16.2. The summed E-state index contributed by atoms with van der Waals surface area (Å²) < 4.78 is 1.51. The fourth-order valence-corrected chi connectivity index (χ4v) is 2.87. The van der Waals surface area contributed by atoms with Crippen molar-refractivity contribution in [1.29, 1.82) is 0 Å². The van der Waals surface area contributed by atoms with E-state index >= 15 is 0 Å². The topological polar surface area (TPSA) is 80.1 Å². The van der Waals surface area contributed by atoms with Crippen molar-refractivity contribution in [3.63, 3.8) is 0 Å². The van der Waals surface area contributed by atoms with Crippen molar-refractivity contribution >= 4 is 17.5 Å². The zero-order valence-corrected chi connectivity index (χ0v) is 15.9. The summed E-state index contributed by atoms with van der Waals surface area (Å²) in [4.78, 5) is 30.3. The van der Waals surface area contributed by atoms with Crippen LogP contribution < -0.4 is 5.32 Å². The van der Waals surface area contributed by atoms with Crippen molar-refractivity contribution in [3.8, 4) is 0 Å². The number of hydrogen-bond donors (Lipinski definition) is 1. The van der Waals surface area contributed by atoms with Gasteiger partial charge in [0, 0.05) is 26.0 Å². The third kappa shape index (κ3) is 5.03. The van der Waals surface area contributed by atoms with E-state index in [0.717, 1.165) is 0 Å². The van der Waals surface area contributed by atoms with E-state index in [0.29, 0.717) is 17.9 Å². The molecule has 0 aliphatic rings. The zero-order chi connectivity index (χ0) is 19.9. The summed E-state index contributed by atoms with van der Waals surface area (Å²) in [6.45, 7) is 2.82. The van der Waals surface area contributed by atoms with Crippen LogP contribution in [0.25, 0.3) is 0 Å². The molecule has 1 atom stereocenters. The van der Waals surface area contributed by atoms with Crippen molar-refractivity contribution in [2.45, 2.75) is 19.4 Å². The van der Waals surface area contributed by atoms with Crippen LogP contribution >= 0.6 is 0 Å². The van der Waals surface area contributed by atoms with Gasteiger partial charge in [-0.2, -0.15) is 5.10 Å². The van der Waals surface area contributed by atoms with Crippen LogP contribution in [0, 0.1) is 0 Å². The van der Waals surface area contributed by atoms with Gasteiger partial charge < -0.3 is 10.2 Å². The molecule has 7 nitrogen and oxygen atoms in total. The largest absolute Gasteiger partial charge is 0.344 e. The molecule has 0 saturated carbocycles. The molecule has 7 heteroatoms. The minimum atomic E-state index is -0.319. The zero-order valence-electron chi connectivity index (χ0n) is 15.9. The molecule has 0 spiro atoms. The summed E-state index contributed by atoms with van der Waals surface area (Å²) in [5.41, 5.74) is 2.03. The van der Waals surface area contributed by atoms with Crippen molar-refractivity contribution in [1.82, 2.24) is 19.7 Å². The highest BCUT2D eigenvalue weighted by Crippen LogP contribution is 2.15. The SMILES string of the molecule is C[C@H](CN(C)C(=O)Cn1cc(NC(=O)c2ccccn2)cn1)c1ccccc1. The van der Waals surface area contributed by atoms with Crippen molar-refractivity contribution < 1.29 is 9.59 Å². The molecule has 1 aromatic carbocycles. The first-order valence-corrected chi connectivity index (χ1v) is 9.06. The number of amides is 2. The maximum Gasteiger partial charge on any atom is 0.274 e. The molecule has 0 saturated heterocycles. The predicted molar refractivity (Wildman–Crippen MR) is 107 cm³/mol. The Hall–Kier alpha value is -3.48. The van der Waals surface area contributed by atoms with E-state index in [-0.39, 0.29) is 24.3 Å². The van der Waals surface area contributed by atoms with E-state index in [1.807, 2.05) is 18.2 Å². The Morgan fingerprint density at radius 3 is 2.61 bits per heavy atom. The van der Waals surface area contributed by atoms with E-state index in [9.17, 15) is 9.59 Å². The molecule has 2 aromatic heterocycles. The summed E-state index contributed by atoms with van der Waals surface area (Å²) in [7, 11) is 1.79. The summed E-state index contributed by atoms with van der Waals surface area (Å²) in [5.74, 6) is -0.130. The summed E-state index contributed by atoms with van der Waals surface area (Å²) in [6, 6.07) is 15.2. The second kappa shape index (κ2) is 8.94. The summed E-state index contributed by atoms with van der Waals surface area (Å²) in [6.07, 6.45) is 4.71. The molecule has 0 aliphatic carbocycles. The lowest BCUT2D eigenvalue weighted by atomic mass is 10.0. The first-order chi connectivity index (χ1) is 13.5. The fourth-order valence-electron chi connectivity index (χ4n) is 2.87. The molecule has 1 N–H and O–H groups in total. The van der Waals surface area contributed by atoms with Gasteiger partial charge in [-0.15, -0.1) is 0 Å².